The molecular formula is C9H13N3O2. The number of aromatic nitrogens is 2. The Morgan fingerprint density at radius 3 is 3.14 bits per heavy atom. The summed E-state index contributed by atoms with van der Waals surface area (Å²) >= 11 is 0. The van der Waals surface area contributed by atoms with E-state index in [1.54, 1.807) is 13.2 Å². The number of nitrogens with one attached hydrogen (secondary N) is 1. The molecule has 76 valence electrons. The van der Waals surface area contributed by atoms with Crippen LogP contribution < -0.4 is 10.1 Å². The molecule has 0 bridgehead atoms. The maximum atomic E-state index is 8.86. The van der Waals surface area contributed by atoms with Gasteiger partial charge in [0.05, 0.1) is 7.11 Å². The normalized spacial score (nSPS) is 24.4. The van der Waals surface area contributed by atoms with Crippen molar-refractivity contribution in [1.82, 2.24) is 9.97 Å². The van der Waals surface area contributed by atoms with Gasteiger partial charge in [-0.05, 0) is 6.42 Å². The fourth-order valence-corrected chi connectivity index (χ4v) is 1.35. The lowest BCUT2D eigenvalue weighted by molar-refractivity contribution is 0.275. The molecule has 1 heterocycles. The summed E-state index contributed by atoms with van der Waals surface area (Å²) in [5, 5.41) is 12.1. The molecule has 1 aliphatic carbocycles. The minimum Gasteiger partial charge on any atom is -0.481 e. The van der Waals surface area contributed by atoms with Gasteiger partial charge in [-0.1, -0.05) is 0 Å². The first-order valence-corrected chi connectivity index (χ1v) is 4.57. The van der Waals surface area contributed by atoms with Crippen LogP contribution in [0.3, 0.4) is 0 Å². The molecule has 1 aromatic rings. The number of hydrogen-bond donors (Lipinski definition) is 2. The number of aliphatic hydroxyl groups is 1. The third kappa shape index (κ3) is 1.93. The summed E-state index contributed by atoms with van der Waals surface area (Å²) in [5.41, 5.74) is 0. The van der Waals surface area contributed by atoms with E-state index in [1.165, 1.54) is 6.33 Å². The Labute approximate surface area is 82.1 Å². The van der Waals surface area contributed by atoms with Crippen molar-refractivity contribution >= 4 is 5.82 Å². The summed E-state index contributed by atoms with van der Waals surface area (Å²) in [4.78, 5) is 7.95. The van der Waals surface area contributed by atoms with E-state index in [0.29, 0.717) is 17.8 Å². The zero-order valence-corrected chi connectivity index (χ0v) is 7.97. The van der Waals surface area contributed by atoms with Crippen LogP contribution in [-0.2, 0) is 0 Å². The van der Waals surface area contributed by atoms with E-state index >= 15 is 0 Å². The van der Waals surface area contributed by atoms with Crippen molar-refractivity contribution in [2.24, 2.45) is 5.92 Å². The molecule has 2 atom stereocenters. The van der Waals surface area contributed by atoms with Crippen molar-refractivity contribution in [3.05, 3.63) is 12.4 Å². The summed E-state index contributed by atoms with van der Waals surface area (Å²) in [5.74, 6) is 1.66. The maximum Gasteiger partial charge on any atom is 0.218 e. The molecule has 1 saturated carbocycles. The smallest absolute Gasteiger partial charge is 0.218 e. The average molecular weight is 195 g/mol. The van der Waals surface area contributed by atoms with E-state index in [2.05, 4.69) is 15.3 Å². The summed E-state index contributed by atoms with van der Waals surface area (Å²) in [6.45, 7) is 0.236. The Balaban J connectivity index is 1.96. The molecule has 2 N–H and O–H groups in total. The third-order valence-electron chi connectivity index (χ3n) is 2.34. The van der Waals surface area contributed by atoms with Gasteiger partial charge in [-0.2, -0.15) is 0 Å². The standard InChI is InChI=1S/C9H13N3O2/c1-14-9-3-8(10-5-11-9)12-7-2-6(7)4-13/h3,5-7,13H,2,4H2,1H3,(H,10,11,12). The Morgan fingerprint density at radius 2 is 2.50 bits per heavy atom. The molecule has 1 aromatic heterocycles. The highest BCUT2D eigenvalue weighted by atomic mass is 16.5. The minimum atomic E-state index is 0.236. The van der Waals surface area contributed by atoms with Gasteiger partial charge >= 0.3 is 0 Å². The molecule has 0 aliphatic heterocycles. The number of anilines is 1. The Hall–Kier alpha value is -1.36. The molecule has 2 unspecified atom stereocenters. The number of methoxy groups -OCH3 is 1. The van der Waals surface area contributed by atoms with Crippen LogP contribution in [0.4, 0.5) is 5.82 Å². The number of rotatable bonds is 4. The Kier molecular flexibility index (Phi) is 2.49. The molecule has 0 radical (unpaired) electrons. The fraction of sp³-hybridized carbons (Fsp3) is 0.556. The van der Waals surface area contributed by atoms with Crippen molar-refractivity contribution in [2.75, 3.05) is 19.0 Å². The first-order chi connectivity index (χ1) is 6.83. The number of ether oxygens (including phenoxy) is 1. The summed E-state index contributed by atoms with van der Waals surface area (Å²) in [7, 11) is 1.57. The van der Waals surface area contributed by atoms with Crippen LogP contribution in [0.5, 0.6) is 5.88 Å². The van der Waals surface area contributed by atoms with Crippen molar-refractivity contribution in [3.63, 3.8) is 0 Å². The molecule has 0 amide bonds. The van der Waals surface area contributed by atoms with Gasteiger partial charge in [0.1, 0.15) is 12.1 Å². The van der Waals surface area contributed by atoms with Crippen molar-refractivity contribution < 1.29 is 9.84 Å². The van der Waals surface area contributed by atoms with Gasteiger partial charge < -0.3 is 15.2 Å². The van der Waals surface area contributed by atoms with Crippen LogP contribution in [0.2, 0.25) is 0 Å². The Morgan fingerprint density at radius 1 is 1.64 bits per heavy atom. The van der Waals surface area contributed by atoms with Crippen molar-refractivity contribution in [2.45, 2.75) is 12.5 Å². The summed E-state index contributed by atoms with van der Waals surface area (Å²) in [6, 6.07) is 2.09. The van der Waals surface area contributed by atoms with Crippen LogP contribution in [-0.4, -0.2) is 34.8 Å². The van der Waals surface area contributed by atoms with E-state index in [1.807, 2.05) is 0 Å². The fourth-order valence-electron chi connectivity index (χ4n) is 1.35. The lowest BCUT2D eigenvalue weighted by atomic mass is 10.4. The Bertz CT molecular complexity index is 319. The average Bonchev–Trinajstić information content (AvgIpc) is 2.97. The first kappa shape index (κ1) is 9.21. The van der Waals surface area contributed by atoms with Crippen LogP contribution in [0, 0.1) is 5.92 Å². The predicted molar refractivity (Wildman–Crippen MR) is 51.2 cm³/mol. The number of hydrogen-bond acceptors (Lipinski definition) is 5. The second-order valence-electron chi connectivity index (χ2n) is 3.37. The third-order valence-corrected chi connectivity index (χ3v) is 2.34. The van der Waals surface area contributed by atoms with Gasteiger partial charge in [-0.15, -0.1) is 0 Å². The van der Waals surface area contributed by atoms with E-state index in [4.69, 9.17) is 9.84 Å². The van der Waals surface area contributed by atoms with Gasteiger partial charge in [0, 0.05) is 24.6 Å². The SMILES string of the molecule is COc1cc(NC2CC2CO)ncn1. The maximum absolute atomic E-state index is 8.86. The molecule has 5 nitrogen and oxygen atoms in total. The highest BCUT2D eigenvalue weighted by Gasteiger charge is 2.36. The molecular weight excluding hydrogens is 182 g/mol. The van der Waals surface area contributed by atoms with Gasteiger partial charge in [0.2, 0.25) is 5.88 Å². The minimum absolute atomic E-state index is 0.236. The predicted octanol–water partition coefficient (Wildman–Crippen LogP) is 0.278. The van der Waals surface area contributed by atoms with Gasteiger partial charge in [0.15, 0.2) is 0 Å². The van der Waals surface area contributed by atoms with Gasteiger partial charge in [0.25, 0.3) is 0 Å². The highest BCUT2D eigenvalue weighted by molar-refractivity contribution is 5.39. The first-order valence-electron chi connectivity index (χ1n) is 4.57. The highest BCUT2D eigenvalue weighted by Crippen LogP contribution is 2.32. The van der Waals surface area contributed by atoms with Gasteiger partial charge in [-0.25, -0.2) is 9.97 Å². The van der Waals surface area contributed by atoms with Gasteiger partial charge in [-0.3, -0.25) is 0 Å². The quantitative estimate of drug-likeness (QED) is 0.722. The molecule has 0 aromatic carbocycles. The summed E-state index contributed by atoms with van der Waals surface area (Å²) in [6.07, 6.45) is 2.46. The molecule has 0 saturated heterocycles. The van der Waals surface area contributed by atoms with E-state index in [9.17, 15) is 0 Å². The largest absolute Gasteiger partial charge is 0.481 e. The van der Waals surface area contributed by atoms with Crippen LogP contribution in [0.15, 0.2) is 12.4 Å². The zero-order chi connectivity index (χ0) is 9.97. The van der Waals surface area contributed by atoms with Crippen molar-refractivity contribution in [3.8, 4) is 5.88 Å². The molecule has 1 aliphatic rings. The molecule has 5 heteroatoms. The number of aliphatic hydroxyl groups excluding tert-OH is 1. The molecule has 14 heavy (non-hydrogen) atoms. The van der Waals surface area contributed by atoms with Crippen molar-refractivity contribution in [1.29, 1.82) is 0 Å². The van der Waals surface area contributed by atoms with E-state index in [-0.39, 0.29) is 6.61 Å². The molecule has 2 rings (SSSR count). The van der Waals surface area contributed by atoms with Crippen LogP contribution >= 0.6 is 0 Å². The second-order valence-corrected chi connectivity index (χ2v) is 3.37. The van der Waals surface area contributed by atoms with Crippen LogP contribution in [0.25, 0.3) is 0 Å². The van der Waals surface area contributed by atoms with Crippen LogP contribution in [0.1, 0.15) is 6.42 Å². The monoisotopic (exact) mass is 195 g/mol. The zero-order valence-electron chi connectivity index (χ0n) is 7.97. The lowest BCUT2D eigenvalue weighted by Gasteiger charge is -2.04. The second kappa shape index (κ2) is 3.79. The van der Waals surface area contributed by atoms with E-state index in [0.717, 1.165) is 12.2 Å². The molecule has 0 spiro atoms. The molecule has 1 fully saturated rings. The topological polar surface area (TPSA) is 67.3 Å². The van der Waals surface area contributed by atoms with E-state index < -0.39 is 0 Å². The lowest BCUT2D eigenvalue weighted by Crippen LogP contribution is -2.08. The summed E-state index contributed by atoms with van der Waals surface area (Å²) < 4.78 is 4.97. The number of nitrogens with zero attached hydrogens (tertiary/aromatic N) is 2.